The van der Waals surface area contributed by atoms with Gasteiger partial charge in [0, 0.05) is 23.7 Å². The Morgan fingerprint density at radius 2 is 2.24 bits per heavy atom. The van der Waals surface area contributed by atoms with Crippen LogP contribution in [0.5, 0.6) is 0 Å². The molecule has 3 rings (SSSR count). The van der Waals surface area contributed by atoms with E-state index in [1.54, 1.807) is 0 Å². The van der Waals surface area contributed by atoms with Gasteiger partial charge in [0.05, 0.1) is 0 Å². The van der Waals surface area contributed by atoms with Gasteiger partial charge in [-0.1, -0.05) is 24.1 Å². The molecule has 0 bridgehead atoms. The van der Waals surface area contributed by atoms with Gasteiger partial charge in [0.25, 0.3) is 0 Å². The van der Waals surface area contributed by atoms with Crippen molar-refractivity contribution in [3.63, 3.8) is 0 Å². The molecular formula is C14H19ClN2. The molecule has 17 heavy (non-hydrogen) atoms. The molecule has 1 saturated heterocycles. The number of nitrogens with zero attached hydrogens (tertiary/aromatic N) is 1. The van der Waals surface area contributed by atoms with E-state index in [1.165, 1.54) is 36.9 Å². The first-order chi connectivity index (χ1) is 8.29. The van der Waals surface area contributed by atoms with Crippen molar-refractivity contribution in [1.82, 2.24) is 10.2 Å². The molecule has 2 nitrogen and oxygen atoms in total. The second-order valence-corrected chi connectivity index (χ2v) is 5.58. The fraction of sp³-hybridized carbons (Fsp3) is 0.571. The predicted molar refractivity (Wildman–Crippen MR) is 71.3 cm³/mol. The van der Waals surface area contributed by atoms with E-state index in [0.29, 0.717) is 12.1 Å². The highest BCUT2D eigenvalue weighted by molar-refractivity contribution is 6.30. The summed E-state index contributed by atoms with van der Waals surface area (Å²) in [6, 6.07) is 7.48. The van der Waals surface area contributed by atoms with Crippen LogP contribution in [0.2, 0.25) is 5.02 Å². The number of hydrogen-bond donors (Lipinski definition) is 1. The first-order valence-electron chi connectivity index (χ1n) is 6.49. The zero-order valence-electron chi connectivity index (χ0n) is 10.2. The molecule has 0 unspecified atom stereocenters. The molecule has 0 spiro atoms. The van der Waals surface area contributed by atoms with E-state index in [2.05, 4.69) is 29.4 Å². The van der Waals surface area contributed by atoms with Crippen LogP contribution in [0.3, 0.4) is 0 Å². The van der Waals surface area contributed by atoms with Crippen molar-refractivity contribution in [3.8, 4) is 0 Å². The molecule has 0 amide bonds. The van der Waals surface area contributed by atoms with Gasteiger partial charge in [0.2, 0.25) is 0 Å². The third kappa shape index (κ3) is 1.99. The van der Waals surface area contributed by atoms with Gasteiger partial charge < -0.3 is 5.32 Å². The summed E-state index contributed by atoms with van der Waals surface area (Å²) >= 11 is 6.10. The molecule has 2 aliphatic rings. The van der Waals surface area contributed by atoms with Gasteiger partial charge in [-0.15, -0.1) is 0 Å². The number of piperidine rings is 1. The minimum Gasteiger partial charge on any atom is -0.312 e. The summed E-state index contributed by atoms with van der Waals surface area (Å²) in [6.45, 7) is 2.30. The summed E-state index contributed by atoms with van der Waals surface area (Å²) in [5.41, 5.74) is 2.84. The van der Waals surface area contributed by atoms with Gasteiger partial charge in [-0.05, 0) is 49.7 Å². The van der Waals surface area contributed by atoms with Crippen LogP contribution >= 0.6 is 11.6 Å². The third-order valence-electron chi connectivity index (χ3n) is 4.17. The first-order valence-corrected chi connectivity index (χ1v) is 6.87. The number of likely N-dealkylation sites (N-methyl/N-ethyl adjacent to an activating group) is 1. The lowest BCUT2D eigenvalue weighted by atomic mass is 9.84. The van der Waals surface area contributed by atoms with Gasteiger partial charge in [-0.3, -0.25) is 4.90 Å². The molecule has 3 heteroatoms. The standard InChI is InChI=1S/C14H19ClN2/c1-16-14-12-6-5-11(15)8-10(12)9-17-7-3-2-4-13(14)17/h5-6,8,13-14,16H,2-4,7,9H2,1H3/t13-,14+/m0/s1. The summed E-state index contributed by atoms with van der Waals surface area (Å²) in [4.78, 5) is 2.61. The van der Waals surface area contributed by atoms with Crippen molar-refractivity contribution < 1.29 is 0 Å². The van der Waals surface area contributed by atoms with Crippen LogP contribution in [0.15, 0.2) is 18.2 Å². The van der Waals surface area contributed by atoms with Crippen molar-refractivity contribution in [3.05, 3.63) is 34.3 Å². The molecule has 92 valence electrons. The Bertz CT molecular complexity index is 419. The van der Waals surface area contributed by atoms with Gasteiger partial charge in [-0.2, -0.15) is 0 Å². The lowest BCUT2D eigenvalue weighted by Crippen LogP contribution is -2.49. The normalized spacial score (nSPS) is 28.6. The lowest BCUT2D eigenvalue weighted by molar-refractivity contribution is 0.0945. The fourth-order valence-electron chi connectivity index (χ4n) is 3.38. The molecule has 1 aromatic rings. The summed E-state index contributed by atoms with van der Waals surface area (Å²) < 4.78 is 0. The predicted octanol–water partition coefficient (Wildman–Crippen LogP) is 2.97. The van der Waals surface area contributed by atoms with Crippen LogP contribution in [-0.4, -0.2) is 24.5 Å². The number of halogens is 1. The Hall–Kier alpha value is -0.570. The van der Waals surface area contributed by atoms with Crippen LogP contribution in [0.25, 0.3) is 0 Å². The van der Waals surface area contributed by atoms with E-state index < -0.39 is 0 Å². The molecule has 0 aromatic heterocycles. The minimum absolute atomic E-state index is 0.469. The van der Waals surface area contributed by atoms with Crippen molar-refractivity contribution in [2.45, 2.75) is 37.9 Å². The molecule has 0 aliphatic carbocycles. The Labute approximate surface area is 108 Å². The van der Waals surface area contributed by atoms with Gasteiger partial charge in [0.15, 0.2) is 0 Å². The maximum absolute atomic E-state index is 6.10. The molecular weight excluding hydrogens is 232 g/mol. The zero-order valence-corrected chi connectivity index (χ0v) is 11.0. The van der Waals surface area contributed by atoms with Crippen LogP contribution < -0.4 is 5.32 Å². The average molecular weight is 251 g/mol. The third-order valence-corrected chi connectivity index (χ3v) is 4.41. The van der Waals surface area contributed by atoms with Crippen molar-refractivity contribution >= 4 is 11.6 Å². The molecule has 2 atom stereocenters. The molecule has 1 aromatic carbocycles. The maximum Gasteiger partial charge on any atom is 0.0479 e. The van der Waals surface area contributed by atoms with E-state index in [9.17, 15) is 0 Å². The van der Waals surface area contributed by atoms with Crippen LogP contribution in [-0.2, 0) is 6.54 Å². The second kappa shape index (κ2) is 4.60. The monoisotopic (exact) mass is 250 g/mol. The summed E-state index contributed by atoms with van der Waals surface area (Å²) in [7, 11) is 2.07. The lowest BCUT2D eigenvalue weighted by Gasteiger charge is -2.45. The molecule has 2 heterocycles. The van der Waals surface area contributed by atoms with Crippen LogP contribution in [0.4, 0.5) is 0 Å². The number of hydrogen-bond acceptors (Lipinski definition) is 2. The largest absolute Gasteiger partial charge is 0.312 e. The van der Waals surface area contributed by atoms with E-state index in [-0.39, 0.29) is 0 Å². The topological polar surface area (TPSA) is 15.3 Å². The highest BCUT2D eigenvalue weighted by Gasteiger charge is 2.35. The smallest absolute Gasteiger partial charge is 0.0479 e. The van der Waals surface area contributed by atoms with Crippen molar-refractivity contribution in [2.24, 2.45) is 0 Å². The zero-order chi connectivity index (χ0) is 11.8. The fourth-order valence-corrected chi connectivity index (χ4v) is 3.57. The summed E-state index contributed by atoms with van der Waals surface area (Å²) in [5, 5.41) is 4.35. The Balaban J connectivity index is 2.01. The van der Waals surface area contributed by atoms with Gasteiger partial charge in [-0.25, -0.2) is 0 Å². The van der Waals surface area contributed by atoms with Crippen LogP contribution in [0.1, 0.15) is 36.4 Å². The molecule has 0 radical (unpaired) electrons. The molecule has 1 N–H and O–H groups in total. The van der Waals surface area contributed by atoms with Crippen molar-refractivity contribution in [2.75, 3.05) is 13.6 Å². The molecule has 0 saturated carbocycles. The maximum atomic E-state index is 6.10. The number of benzene rings is 1. The second-order valence-electron chi connectivity index (χ2n) is 5.14. The van der Waals surface area contributed by atoms with Crippen molar-refractivity contribution in [1.29, 1.82) is 0 Å². The van der Waals surface area contributed by atoms with Crippen LogP contribution in [0, 0.1) is 0 Å². The number of fused-ring (bicyclic) bond motifs is 2. The molecule has 1 fully saturated rings. The summed E-state index contributed by atoms with van der Waals surface area (Å²) in [6.07, 6.45) is 4.01. The Morgan fingerprint density at radius 1 is 1.35 bits per heavy atom. The average Bonchev–Trinajstić information content (AvgIpc) is 2.35. The number of nitrogens with one attached hydrogen (secondary N) is 1. The highest BCUT2D eigenvalue weighted by atomic mass is 35.5. The number of rotatable bonds is 1. The Kier molecular flexibility index (Phi) is 3.12. The quantitative estimate of drug-likeness (QED) is 0.825. The van der Waals surface area contributed by atoms with Gasteiger partial charge in [0.1, 0.15) is 0 Å². The first kappa shape index (κ1) is 11.5. The highest BCUT2D eigenvalue weighted by Crippen LogP contribution is 2.37. The summed E-state index contributed by atoms with van der Waals surface area (Å²) in [5.74, 6) is 0. The Morgan fingerprint density at radius 3 is 3.06 bits per heavy atom. The van der Waals surface area contributed by atoms with Gasteiger partial charge >= 0.3 is 0 Å². The minimum atomic E-state index is 0.469. The molecule has 2 aliphatic heterocycles. The van der Waals surface area contributed by atoms with E-state index in [0.717, 1.165) is 11.6 Å². The SMILES string of the molecule is CN[C@@H]1c2ccc(Cl)cc2CN2CCCC[C@@H]12. The van der Waals surface area contributed by atoms with E-state index >= 15 is 0 Å². The van der Waals surface area contributed by atoms with E-state index in [4.69, 9.17) is 11.6 Å². The van der Waals surface area contributed by atoms with E-state index in [1.807, 2.05) is 6.07 Å².